The van der Waals surface area contributed by atoms with E-state index in [2.05, 4.69) is 0 Å². The molecule has 0 aliphatic heterocycles. The second-order valence-electron chi connectivity index (χ2n) is 4.40. The fourth-order valence-corrected chi connectivity index (χ4v) is 3.23. The molecule has 0 aliphatic rings. The van der Waals surface area contributed by atoms with Crippen LogP contribution in [0.1, 0.15) is 5.56 Å². The fourth-order valence-electron chi connectivity index (χ4n) is 1.80. The van der Waals surface area contributed by atoms with Crippen LogP contribution in [0.15, 0.2) is 47.4 Å². The molecule has 0 aliphatic carbocycles. The van der Waals surface area contributed by atoms with E-state index >= 15 is 0 Å². The number of aryl methyl sites for hydroxylation is 1. The molecule has 0 saturated carbocycles. The molecule has 20 heavy (non-hydrogen) atoms. The Bertz CT molecular complexity index is 727. The van der Waals surface area contributed by atoms with E-state index in [0.717, 1.165) is 10.4 Å². The topological polar surface area (TPSA) is 57.6 Å². The third-order valence-electron chi connectivity index (χ3n) is 3.00. The van der Waals surface area contributed by atoms with Gasteiger partial charge in [0, 0.05) is 7.05 Å². The monoisotopic (exact) mass is 295 g/mol. The van der Waals surface area contributed by atoms with E-state index in [1.54, 1.807) is 6.92 Å². The van der Waals surface area contributed by atoms with Crippen molar-refractivity contribution in [3.63, 3.8) is 0 Å². The second-order valence-corrected chi connectivity index (χ2v) is 6.34. The number of benzene rings is 2. The molecule has 0 bridgehead atoms. The van der Waals surface area contributed by atoms with Gasteiger partial charge in [-0.25, -0.2) is 12.8 Å². The van der Waals surface area contributed by atoms with Crippen molar-refractivity contribution >= 4 is 15.7 Å². The van der Waals surface area contributed by atoms with Crippen molar-refractivity contribution in [1.82, 2.24) is 0 Å². The van der Waals surface area contributed by atoms with E-state index in [1.807, 2.05) is 0 Å². The van der Waals surface area contributed by atoms with Gasteiger partial charge in [0.25, 0.3) is 10.0 Å². The maximum absolute atomic E-state index is 13.3. The standard InChI is InChI=1S/C14H14FNO3S/c1-10-3-4-11(15)9-14(10)20(18,19)16(2)12-5-7-13(17)8-6-12/h3-9,17H,1-2H3. The quantitative estimate of drug-likeness (QED) is 0.947. The van der Waals surface area contributed by atoms with Crippen molar-refractivity contribution in [3.05, 3.63) is 53.8 Å². The average Bonchev–Trinajstić information content (AvgIpc) is 2.41. The Labute approximate surface area is 117 Å². The van der Waals surface area contributed by atoms with E-state index in [-0.39, 0.29) is 10.6 Å². The van der Waals surface area contributed by atoms with Gasteiger partial charge in [-0.15, -0.1) is 0 Å². The first-order valence-corrected chi connectivity index (χ1v) is 7.30. The van der Waals surface area contributed by atoms with Crippen molar-refractivity contribution in [2.45, 2.75) is 11.8 Å². The number of sulfonamides is 1. The molecule has 0 saturated heterocycles. The number of phenols is 1. The summed E-state index contributed by atoms with van der Waals surface area (Å²) in [5, 5.41) is 9.22. The minimum Gasteiger partial charge on any atom is -0.508 e. The fraction of sp³-hybridized carbons (Fsp3) is 0.143. The maximum atomic E-state index is 13.3. The Hall–Kier alpha value is -2.08. The molecule has 0 aromatic heterocycles. The van der Waals surface area contributed by atoms with Crippen LogP contribution in [-0.4, -0.2) is 20.6 Å². The third-order valence-corrected chi connectivity index (χ3v) is 4.93. The van der Waals surface area contributed by atoms with E-state index < -0.39 is 15.8 Å². The first-order valence-electron chi connectivity index (χ1n) is 5.86. The Balaban J connectivity index is 2.49. The summed E-state index contributed by atoms with van der Waals surface area (Å²) in [4.78, 5) is -0.0759. The highest BCUT2D eigenvalue weighted by Gasteiger charge is 2.23. The average molecular weight is 295 g/mol. The molecule has 0 unspecified atom stereocenters. The van der Waals surface area contributed by atoms with Crippen molar-refractivity contribution in [1.29, 1.82) is 0 Å². The van der Waals surface area contributed by atoms with Crippen molar-refractivity contribution in [2.24, 2.45) is 0 Å². The van der Waals surface area contributed by atoms with E-state index in [4.69, 9.17) is 0 Å². The van der Waals surface area contributed by atoms with Crippen LogP contribution in [0, 0.1) is 12.7 Å². The van der Waals surface area contributed by atoms with Crippen molar-refractivity contribution in [2.75, 3.05) is 11.4 Å². The Morgan fingerprint density at radius 1 is 1.10 bits per heavy atom. The molecule has 0 spiro atoms. The molecular formula is C14H14FNO3S. The smallest absolute Gasteiger partial charge is 0.264 e. The lowest BCUT2D eigenvalue weighted by atomic mass is 10.2. The number of phenolic OH excluding ortho intramolecular Hbond substituents is 1. The summed E-state index contributed by atoms with van der Waals surface area (Å²) < 4.78 is 39.3. The zero-order chi connectivity index (χ0) is 14.9. The summed E-state index contributed by atoms with van der Waals surface area (Å²) in [6.07, 6.45) is 0. The summed E-state index contributed by atoms with van der Waals surface area (Å²) in [7, 11) is -2.47. The van der Waals surface area contributed by atoms with Crippen LogP contribution < -0.4 is 4.31 Å². The predicted octanol–water partition coefficient (Wildman–Crippen LogP) is 2.66. The highest BCUT2D eigenvalue weighted by atomic mass is 32.2. The van der Waals surface area contributed by atoms with Gasteiger partial charge >= 0.3 is 0 Å². The van der Waals surface area contributed by atoms with Crippen LogP contribution in [0.3, 0.4) is 0 Å². The molecule has 2 aromatic rings. The van der Waals surface area contributed by atoms with Gasteiger partial charge in [-0.05, 0) is 48.9 Å². The first kappa shape index (κ1) is 14.3. The summed E-state index contributed by atoms with van der Waals surface area (Å²) in [6, 6.07) is 9.37. The van der Waals surface area contributed by atoms with Crippen molar-refractivity contribution < 1.29 is 17.9 Å². The van der Waals surface area contributed by atoms with Gasteiger partial charge in [0.2, 0.25) is 0 Å². The molecule has 0 heterocycles. The molecule has 0 radical (unpaired) electrons. The SMILES string of the molecule is Cc1ccc(F)cc1S(=O)(=O)N(C)c1ccc(O)cc1. The van der Waals surface area contributed by atoms with E-state index in [9.17, 15) is 17.9 Å². The molecule has 4 nitrogen and oxygen atoms in total. The summed E-state index contributed by atoms with van der Waals surface area (Å²) in [5.41, 5.74) is 0.850. The summed E-state index contributed by atoms with van der Waals surface area (Å²) in [5.74, 6) is -0.560. The van der Waals surface area contributed by atoms with Gasteiger partial charge in [0.05, 0.1) is 10.6 Å². The largest absolute Gasteiger partial charge is 0.508 e. The number of aromatic hydroxyl groups is 1. The van der Waals surface area contributed by atoms with Gasteiger partial charge < -0.3 is 5.11 Å². The van der Waals surface area contributed by atoms with E-state index in [0.29, 0.717) is 11.3 Å². The number of halogens is 1. The molecule has 0 amide bonds. The summed E-state index contributed by atoms with van der Waals surface area (Å²) >= 11 is 0. The van der Waals surface area contributed by atoms with Crippen LogP contribution in [0.2, 0.25) is 0 Å². The molecule has 0 atom stereocenters. The lowest BCUT2D eigenvalue weighted by Crippen LogP contribution is -2.27. The van der Waals surface area contributed by atoms with Crippen LogP contribution in [0.4, 0.5) is 10.1 Å². The number of anilines is 1. The van der Waals surface area contributed by atoms with Crippen LogP contribution in [0.25, 0.3) is 0 Å². The highest BCUT2D eigenvalue weighted by molar-refractivity contribution is 7.92. The van der Waals surface area contributed by atoms with Crippen LogP contribution >= 0.6 is 0 Å². The minimum absolute atomic E-state index is 0.0430. The summed E-state index contributed by atoms with van der Waals surface area (Å²) in [6.45, 7) is 1.61. The Morgan fingerprint density at radius 3 is 2.30 bits per heavy atom. The second kappa shape index (κ2) is 5.13. The van der Waals surface area contributed by atoms with Gasteiger partial charge in [0.1, 0.15) is 11.6 Å². The van der Waals surface area contributed by atoms with Gasteiger partial charge in [-0.1, -0.05) is 6.07 Å². The molecule has 2 aromatic carbocycles. The first-order chi connectivity index (χ1) is 9.32. The number of rotatable bonds is 3. The molecule has 0 fully saturated rings. The van der Waals surface area contributed by atoms with Crippen LogP contribution in [0.5, 0.6) is 5.75 Å². The van der Waals surface area contributed by atoms with Crippen molar-refractivity contribution in [3.8, 4) is 5.75 Å². The highest BCUT2D eigenvalue weighted by Crippen LogP contribution is 2.26. The third kappa shape index (κ3) is 2.60. The normalized spacial score (nSPS) is 11.3. The Morgan fingerprint density at radius 2 is 1.70 bits per heavy atom. The lowest BCUT2D eigenvalue weighted by molar-refractivity contribution is 0.475. The zero-order valence-electron chi connectivity index (χ0n) is 11.0. The minimum atomic E-state index is -3.85. The lowest BCUT2D eigenvalue weighted by Gasteiger charge is -2.20. The zero-order valence-corrected chi connectivity index (χ0v) is 11.9. The van der Waals surface area contributed by atoms with Gasteiger partial charge in [-0.2, -0.15) is 0 Å². The number of hydrogen-bond donors (Lipinski definition) is 1. The maximum Gasteiger partial charge on any atom is 0.264 e. The molecule has 1 N–H and O–H groups in total. The van der Waals surface area contributed by atoms with Gasteiger partial charge in [-0.3, -0.25) is 4.31 Å². The van der Waals surface area contributed by atoms with E-state index in [1.165, 1.54) is 43.4 Å². The van der Waals surface area contributed by atoms with Crippen LogP contribution in [-0.2, 0) is 10.0 Å². The van der Waals surface area contributed by atoms with Gasteiger partial charge in [0.15, 0.2) is 0 Å². The Kier molecular flexibility index (Phi) is 3.67. The molecule has 106 valence electrons. The number of hydrogen-bond acceptors (Lipinski definition) is 3. The molecule has 2 rings (SSSR count). The molecule has 6 heteroatoms. The number of nitrogens with zero attached hydrogens (tertiary/aromatic N) is 1. The predicted molar refractivity (Wildman–Crippen MR) is 74.8 cm³/mol. The molecular weight excluding hydrogens is 281 g/mol.